The molecule has 164 valence electrons. The molecule has 0 aromatic heterocycles. The van der Waals surface area contributed by atoms with Gasteiger partial charge in [-0.25, -0.2) is 4.79 Å². The van der Waals surface area contributed by atoms with Crippen molar-refractivity contribution in [1.82, 2.24) is 4.90 Å². The molecule has 0 bridgehead atoms. The summed E-state index contributed by atoms with van der Waals surface area (Å²) in [7, 11) is -3.08. The Morgan fingerprint density at radius 3 is 2.41 bits per heavy atom. The number of hydrogen-bond donors (Lipinski definition) is 1. The van der Waals surface area contributed by atoms with Crippen LogP contribution in [0.2, 0.25) is 18.1 Å². The summed E-state index contributed by atoms with van der Waals surface area (Å²) in [5, 5.41) is 8.33. The summed E-state index contributed by atoms with van der Waals surface area (Å²) in [5.74, 6) is -3.10. The second kappa shape index (κ2) is 8.86. The lowest BCUT2D eigenvalue weighted by Gasteiger charge is -2.49. The topological polar surface area (TPSA) is 101 Å². The first-order valence-corrected chi connectivity index (χ1v) is 15.2. The number of carbonyl (C=O) groups excluding carboxylic acids is 2. The van der Waals surface area contributed by atoms with E-state index in [2.05, 4.69) is 33.9 Å². The Morgan fingerprint density at radius 1 is 1.38 bits per heavy atom. The number of amides is 2. The summed E-state index contributed by atoms with van der Waals surface area (Å²) in [6.07, 6.45) is 0.228. The van der Waals surface area contributed by atoms with Crippen LogP contribution in [-0.4, -0.2) is 67.5 Å². The molecule has 2 fully saturated rings. The number of thiocarbonyl (C=S) groups is 1. The van der Waals surface area contributed by atoms with Crippen LogP contribution in [-0.2, 0) is 29.6 Å². The normalized spacial score (nSPS) is 28.8. The molecular weight excluding hydrogens is 450 g/mol. The number of aliphatic carboxylic acids is 1. The van der Waals surface area contributed by atoms with Gasteiger partial charge in [0.15, 0.2) is 8.32 Å². The van der Waals surface area contributed by atoms with Crippen LogP contribution < -0.4 is 0 Å². The van der Waals surface area contributed by atoms with Gasteiger partial charge < -0.3 is 9.53 Å². The Kier molecular flexibility index (Phi) is 7.53. The first-order valence-electron chi connectivity index (χ1n) is 9.51. The number of nitrogens with zero attached hydrogens (tertiary/aromatic N) is 1. The van der Waals surface area contributed by atoms with Gasteiger partial charge in [-0.3, -0.25) is 18.7 Å². The van der Waals surface area contributed by atoms with Crippen LogP contribution in [0.4, 0.5) is 0 Å². The minimum atomic E-state index is -2.17. The Labute approximate surface area is 184 Å². The third-order valence-electron chi connectivity index (χ3n) is 5.93. The molecule has 2 aliphatic heterocycles. The lowest BCUT2D eigenvalue weighted by Crippen LogP contribution is -2.67. The van der Waals surface area contributed by atoms with Gasteiger partial charge in [0.05, 0.1) is 16.2 Å². The standard InChI is InChI=1S/C18H29NO6S3Si/c1-10(25-29(5,6)18(2,3)4)12-13(20)19(14(21)16(22)23)15(12)27-17(26)11-7-8-28(24)9-11/h10-12,15H,7-9H2,1-6H3,(H,22,23). The number of β-lactam (4-membered cyclic amide) rings is 1. The van der Waals surface area contributed by atoms with Gasteiger partial charge >= 0.3 is 11.9 Å². The largest absolute Gasteiger partial charge is 0.474 e. The predicted molar refractivity (Wildman–Crippen MR) is 121 cm³/mol. The van der Waals surface area contributed by atoms with E-state index in [1.165, 1.54) is 11.8 Å². The monoisotopic (exact) mass is 479 g/mol. The molecule has 11 heteroatoms. The summed E-state index contributed by atoms with van der Waals surface area (Å²) in [4.78, 5) is 36.8. The number of rotatable bonds is 5. The van der Waals surface area contributed by atoms with Crippen molar-refractivity contribution in [2.24, 2.45) is 11.8 Å². The highest BCUT2D eigenvalue weighted by molar-refractivity contribution is 8.23. The van der Waals surface area contributed by atoms with Gasteiger partial charge in [0.2, 0.25) is 5.91 Å². The van der Waals surface area contributed by atoms with E-state index in [4.69, 9.17) is 21.8 Å². The molecule has 0 aromatic rings. The Balaban J connectivity index is 2.21. The van der Waals surface area contributed by atoms with E-state index in [0.29, 0.717) is 22.1 Å². The molecular formula is C18H29NO6S3Si. The molecule has 2 aliphatic rings. The third-order valence-corrected chi connectivity index (χ3v) is 13.9. The molecule has 0 saturated carbocycles. The van der Waals surface area contributed by atoms with Crippen molar-refractivity contribution in [3.8, 4) is 0 Å². The molecule has 0 aromatic carbocycles. The second-order valence-corrected chi connectivity index (χ2v) is 17.3. The zero-order valence-corrected chi connectivity index (χ0v) is 21.0. The molecule has 29 heavy (non-hydrogen) atoms. The van der Waals surface area contributed by atoms with Gasteiger partial charge in [-0.1, -0.05) is 44.8 Å². The van der Waals surface area contributed by atoms with Crippen molar-refractivity contribution < 1.29 is 28.1 Å². The van der Waals surface area contributed by atoms with E-state index in [1.807, 2.05) is 0 Å². The van der Waals surface area contributed by atoms with E-state index in [0.717, 1.165) is 4.90 Å². The van der Waals surface area contributed by atoms with Crippen molar-refractivity contribution in [2.45, 2.75) is 63.7 Å². The van der Waals surface area contributed by atoms with Gasteiger partial charge in [0.1, 0.15) is 5.37 Å². The lowest BCUT2D eigenvalue weighted by molar-refractivity contribution is -0.172. The van der Waals surface area contributed by atoms with Gasteiger partial charge in [0.25, 0.3) is 0 Å². The quantitative estimate of drug-likeness (QED) is 0.278. The van der Waals surface area contributed by atoms with Gasteiger partial charge in [-0.05, 0) is 31.5 Å². The SMILES string of the molecule is CC(O[Si](C)(C)C(C)(C)C)C1C(=O)N(C(=O)C(=O)O)C1SC(=S)C1CCS(=O)C1. The second-order valence-electron chi connectivity index (χ2n) is 9.05. The summed E-state index contributed by atoms with van der Waals surface area (Å²) >= 11 is 6.66. The van der Waals surface area contributed by atoms with Crippen molar-refractivity contribution in [1.29, 1.82) is 0 Å². The smallest absolute Gasteiger partial charge is 0.395 e. The first-order chi connectivity index (χ1) is 13.2. The van der Waals surface area contributed by atoms with Crippen molar-refractivity contribution in [3.63, 3.8) is 0 Å². The minimum Gasteiger partial charge on any atom is -0.474 e. The average Bonchev–Trinajstić information content (AvgIpc) is 2.99. The van der Waals surface area contributed by atoms with Crippen LogP contribution >= 0.6 is 24.0 Å². The summed E-state index contributed by atoms with van der Waals surface area (Å²) < 4.78 is 18.6. The fourth-order valence-corrected chi connectivity index (χ4v) is 8.20. The predicted octanol–water partition coefficient (Wildman–Crippen LogP) is 2.62. The van der Waals surface area contributed by atoms with Crippen molar-refractivity contribution in [3.05, 3.63) is 0 Å². The van der Waals surface area contributed by atoms with Crippen LogP contribution in [0.1, 0.15) is 34.1 Å². The number of thioether (sulfide) groups is 1. The molecule has 5 unspecified atom stereocenters. The maximum Gasteiger partial charge on any atom is 0.395 e. The average molecular weight is 480 g/mol. The lowest BCUT2D eigenvalue weighted by atomic mass is 9.92. The van der Waals surface area contributed by atoms with Gasteiger partial charge in [0, 0.05) is 28.2 Å². The fraction of sp³-hybridized carbons (Fsp3) is 0.778. The highest BCUT2D eigenvalue weighted by Crippen LogP contribution is 2.44. The first kappa shape index (κ1) is 24.6. The molecule has 5 atom stereocenters. The van der Waals surface area contributed by atoms with Crippen molar-refractivity contribution in [2.75, 3.05) is 11.5 Å². The highest BCUT2D eigenvalue weighted by Gasteiger charge is 2.57. The maximum atomic E-state index is 12.7. The molecule has 7 nitrogen and oxygen atoms in total. The number of hydrogen-bond acceptors (Lipinski definition) is 7. The molecule has 2 heterocycles. The minimum absolute atomic E-state index is 0.0365. The highest BCUT2D eigenvalue weighted by atomic mass is 32.2. The number of likely N-dealkylation sites (tertiary alicyclic amines) is 1. The Morgan fingerprint density at radius 2 is 1.97 bits per heavy atom. The molecule has 0 spiro atoms. The van der Waals surface area contributed by atoms with E-state index >= 15 is 0 Å². The van der Waals surface area contributed by atoms with Crippen LogP contribution in [0.5, 0.6) is 0 Å². The van der Waals surface area contributed by atoms with Crippen LogP contribution in [0.15, 0.2) is 0 Å². The molecule has 2 amide bonds. The summed E-state index contributed by atoms with van der Waals surface area (Å²) in [6, 6.07) is 0. The van der Waals surface area contributed by atoms with E-state index in [-0.39, 0.29) is 11.0 Å². The van der Waals surface area contributed by atoms with E-state index < -0.39 is 54.3 Å². The molecule has 0 radical (unpaired) electrons. The zero-order valence-electron chi connectivity index (χ0n) is 17.6. The third kappa shape index (κ3) is 5.17. The Hall–Kier alpha value is -0.623. The number of carboxylic acids is 1. The van der Waals surface area contributed by atoms with Crippen LogP contribution in [0, 0.1) is 11.8 Å². The van der Waals surface area contributed by atoms with Gasteiger partial charge in [-0.2, -0.15) is 0 Å². The molecule has 2 rings (SSSR count). The van der Waals surface area contributed by atoms with Crippen molar-refractivity contribution >= 4 is 65.1 Å². The van der Waals surface area contributed by atoms with Gasteiger partial charge in [-0.15, -0.1) is 0 Å². The summed E-state index contributed by atoms with van der Waals surface area (Å²) in [5.41, 5.74) is 0. The number of carboxylic acid groups (broad SMARTS) is 1. The molecule has 1 N–H and O–H groups in total. The maximum absolute atomic E-state index is 12.7. The van der Waals surface area contributed by atoms with E-state index in [1.54, 1.807) is 6.92 Å². The number of carbonyl (C=O) groups is 3. The fourth-order valence-electron chi connectivity index (χ4n) is 3.14. The molecule has 2 saturated heterocycles. The number of imide groups is 1. The van der Waals surface area contributed by atoms with E-state index in [9.17, 15) is 18.6 Å². The van der Waals surface area contributed by atoms with Crippen LogP contribution in [0.25, 0.3) is 0 Å². The summed E-state index contributed by atoms with van der Waals surface area (Å²) in [6.45, 7) is 12.2. The van der Waals surface area contributed by atoms with Crippen LogP contribution in [0.3, 0.4) is 0 Å². The Bertz CT molecular complexity index is 750. The zero-order chi connectivity index (χ0) is 22.3. The molecule has 0 aliphatic carbocycles.